The van der Waals surface area contributed by atoms with Crippen molar-refractivity contribution in [2.24, 2.45) is 11.1 Å². The number of pyridine rings is 1. The fourth-order valence-electron chi connectivity index (χ4n) is 1.20. The lowest BCUT2D eigenvalue weighted by molar-refractivity contribution is -0.129. The molecule has 88 valence electrons. The molecule has 0 aromatic carbocycles. The molecule has 4 heteroatoms. The zero-order valence-corrected chi connectivity index (χ0v) is 10.0. The maximum Gasteiger partial charge on any atom is 0.227 e. The summed E-state index contributed by atoms with van der Waals surface area (Å²) >= 11 is 0. The van der Waals surface area contributed by atoms with Crippen LogP contribution < -0.4 is 11.1 Å². The van der Waals surface area contributed by atoms with Crippen molar-refractivity contribution in [2.75, 3.05) is 6.54 Å². The van der Waals surface area contributed by atoms with E-state index >= 15 is 0 Å². The predicted octanol–water partition coefficient (Wildman–Crippen LogP) is 1.24. The maximum atomic E-state index is 11.9. The molecule has 0 spiro atoms. The van der Waals surface area contributed by atoms with Gasteiger partial charge in [-0.05, 0) is 32.4 Å². The Bertz CT molecular complexity index is 349. The van der Waals surface area contributed by atoms with Gasteiger partial charge in [-0.25, -0.2) is 0 Å². The van der Waals surface area contributed by atoms with Gasteiger partial charge in [-0.1, -0.05) is 6.07 Å². The van der Waals surface area contributed by atoms with Gasteiger partial charge >= 0.3 is 0 Å². The average Bonchev–Trinajstić information content (AvgIpc) is 2.30. The fourth-order valence-corrected chi connectivity index (χ4v) is 1.20. The van der Waals surface area contributed by atoms with E-state index in [2.05, 4.69) is 10.3 Å². The van der Waals surface area contributed by atoms with Crippen LogP contribution in [0.5, 0.6) is 0 Å². The summed E-state index contributed by atoms with van der Waals surface area (Å²) in [5.41, 5.74) is 6.01. The quantitative estimate of drug-likeness (QED) is 0.804. The maximum absolute atomic E-state index is 11.9. The van der Waals surface area contributed by atoms with Gasteiger partial charge in [-0.3, -0.25) is 9.78 Å². The summed E-state index contributed by atoms with van der Waals surface area (Å²) in [7, 11) is 0. The Morgan fingerprint density at radius 2 is 2.31 bits per heavy atom. The van der Waals surface area contributed by atoms with Crippen molar-refractivity contribution >= 4 is 5.91 Å². The van der Waals surface area contributed by atoms with Crippen LogP contribution in [0.1, 0.15) is 32.4 Å². The van der Waals surface area contributed by atoms with Gasteiger partial charge in [0.25, 0.3) is 0 Å². The van der Waals surface area contributed by atoms with Crippen molar-refractivity contribution in [3.63, 3.8) is 0 Å². The molecule has 3 N–H and O–H groups in total. The molecule has 0 bridgehead atoms. The highest BCUT2D eigenvalue weighted by atomic mass is 16.2. The van der Waals surface area contributed by atoms with Crippen LogP contribution in [-0.4, -0.2) is 17.4 Å². The van der Waals surface area contributed by atoms with Gasteiger partial charge < -0.3 is 11.1 Å². The molecule has 0 aliphatic heterocycles. The highest BCUT2D eigenvalue weighted by molar-refractivity contribution is 5.82. The smallest absolute Gasteiger partial charge is 0.227 e. The van der Waals surface area contributed by atoms with E-state index in [-0.39, 0.29) is 11.9 Å². The standard InChI is InChI=1S/C12H19N3O/c1-9(10-5-4-6-14-7-10)15-11(16)12(2,3)8-13/h4-7,9H,8,13H2,1-3H3,(H,15,16). The lowest BCUT2D eigenvalue weighted by atomic mass is 9.92. The van der Waals surface area contributed by atoms with Gasteiger partial charge in [0.05, 0.1) is 11.5 Å². The second kappa shape index (κ2) is 5.07. The van der Waals surface area contributed by atoms with Crippen molar-refractivity contribution in [3.05, 3.63) is 30.1 Å². The number of nitrogens with zero attached hydrogens (tertiary/aromatic N) is 1. The summed E-state index contributed by atoms with van der Waals surface area (Å²) in [5.74, 6) is -0.0358. The van der Waals surface area contributed by atoms with E-state index in [4.69, 9.17) is 5.73 Å². The van der Waals surface area contributed by atoms with Crippen LogP contribution in [0.25, 0.3) is 0 Å². The molecule has 0 radical (unpaired) electrons. The largest absolute Gasteiger partial charge is 0.349 e. The molecular formula is C12H19N3O. The highest BCUT2D eigenvalue weighted by Crippen LogP contribution is 2.16. The molecule has 1 atom stereocenters. The minimum Gasteiger partial charge on any atom is -0.349 e. The summed E-state index contributed by atoms with van der Waals surface area (Å²) in [6, 6.07) is 3.74. The summed E-state index contributed by atoms with van der Waals surface area (Å²) < 4.78 is 0. The zero-order valence-electron chi connectivity index (χ0n) is 10.0. The molecule has 1 aromatic heterocycles. The first kappa shape index (κ1) is 12.6. The van der Waals surface area contributed by atoms with E-state index < -0.39 is 5.41 Å². The Labute approximate surface area is 96.3 Å². The van der Waals surface area contributed by atoms with E-state index in [1.165, 1.54) is 0 Å². The number of nitrogens with one attached hydrogen (secondary N) is 1. The van der Waals surface area contributed by atoms with E-state index in [9.17, 15) is 4.79 Å². The molecule has 0 saturated carbocycles. The van der Waals surface area contributed by atoms with E-state index in [0.717, 1.165) is 5.56 Å². The van der Waals surface area contributed by atoms with Crippen LogP contribution in [0.15, 0.2) is 24.5 Å². The van der Waals surface area contributed by atoms with Crippen molar-refractivity contribution in [2.45, 2.75) is 26.8 Å². The van der Waals surface area contributed by atoms with Crippen LogP contribution in [0.2, 0.25) is 0 Å². The number of aromatic nitrogens is 1. The van der Waals surface area contributed by atoms with Crippen molar-refractivity contribution < 1.29 is 4.79 Å². The highest BCUT2D eigenvalue weighted by Gasteiger charge is 2.26. The molecule has 0 aliphatic rings. The normalized spacial score (nSPS) is 13.2. The number of amides is 1. The van der Waals surface area contributed by atoms with Crippen molar-refractivity contribution in [1.82, 2.24) is 10.3 Å². The third kappa shape index (κ3) is 3.03. The van der Waals surface area contributed by atoms with E-state index in [1.807, 2.05) is 32.9 Å². The topological polar surface area (TPSA) is 68.0 Å². The van der Waals surface area contributed by atoms with Crippen molar-refractivity contribution in [3.8, 4) is 0 Å². The van der Waals surface area contributed by atoms with Gasteiger partial charge in [-0.2, -0.15) is 0 Å². The minimum absolute atomic E-state index is 0.0358. The van der Waals surface area contributed by atoms with Crippen LogP contribution in [0, 0.1) is 5.41 Å². The fraction of sp³-hybridized carbons (Fsp3) is 0.500. The van der Waals surface area contributed by atoms with Crippen LogP contribution >= 0.6 is 0 Å². The molecule has 1 amide bonds. The lowest BCUT2D eigenvalue weighted by Gasteiger charge is -2.24. The molecular weight excluding hydrogens is 202 g/mol. The minimum atomic E-state index is -0.531. The summed E-state index contributed by atoms with van der Waals surface area (Å²) in [5, 5.41) is 2.93. The number of hydrogen-bond acceptors (Lipinski definition) is 3. The van der Waals surface area contributed by atoms with E-state index in [1.54, 1.807) is 12.4 Å². The van der Waals surface area contributed by atoms with Gasteiger partial charge in [0.15, 0.2) is 0 Å². The molecule has 0 fully saturated rings. The number of carbonyl (C=O) groups is 1. The van der Waals surface area contributed by atoms with Crippen LogP contribution in [0.4, 0.5) is 0 Å². The Morgan fingerprint density at radius 1 is 1.62 bits per heavy atom. The molecule has 1 unspecified atom stereocenters. The molecule has 16 heavy (non-hydrogen) atoms. The monoisotopic (exact) mass is 221 g/mol. The lowest BCUT2D eigenvalue weighted by Crippen LogP contribution is -2.42. The SMILES string of the molecule is CC(NC(=O)C(C)(C)CN)c1cccnc1. The molecule has 0 aliphatic carbocycles. The first-order valence-corrected chi connectivity index (χ1v) is 5.38. The molecule has 1 heterocycles. The molecule has 1 rings (SSSR count). The Hall–Kier alpha value is -1.42. The Balaban J connectivity index is 2.66. The van der Waals surface area contributed by atoms with Gasteiger partial charge in [0.2, 0.25) is 5.91 Å². The number of nitrogens with two attached hydrogens (primary N) is 1. The third-order valence-electron chi connectivity index (χ3n) is 2.66. The van der Waals surface area contributed by atoms with Crippen LogP contribution in [-0.2, 0) is 4.79 Å². The second-order valence-electron chi connectivity index (χ2n) is 4.57. The molecule has 4 nitrogen and oxygen atoms in total. The Kier molecular flexibility index (Phi) is 4.01. The third-order valence-corrected chi connectivity index (χ3v) is 2.66. The van der Waals surface area contributed by atoms with Gasteiger partial charge in [-0.15, -0.1) is 0 Å². The second-order valence-corrected chi connectivity index (χ2v) is 4.57. The average molecular weight is 221 g/mol. The molecule has 1 aromatic rings. The summed E-state index contributed by atoms with van der Waals surface area (Å²) in [4.78, 5) is 15.9. The van der Waals surface area contributed by atoms with Gasteiger partial charge in [0.1, 0.15) is 0 Å². The van der Waals surface area contributed by atoms with Crippen LogP contribution in [0.3, 0.4) is 0 Å². The van der Waals surface area contributed by atoms with E-state index in [0.29, 0.717) is 6.54 Å². The summed E-state index contributed by atoms with van der Waals surface area (Å²) in [6.07, 6.45) is 3.46. The predicted molar refractivity (Wildman–Crippen MR) is 63.6 cm³/mol. The Morgan fingerprint density at radius 3 is 2.81 bits per heavy atom. The molecule has 0 saturated heterocycles. The number of rotatable bonds is 4. The zero-order chi connectivity index (χ0) is 12.2. The number of carbonyl (C=O) groups excluding carboxylic acids is 1. The first-order valence-electron chi connectivity index (χ1n) is 5.38. The first-order chi connectivity index (χ1) is 7.47. The summed E-state index contributed by atoms with van der Waals surface area (Å²) in [6.45, 7) is 5.93. The van der Waals surface area contributed by atoms with Gasteiger partial charge in [0, 0.05) is 18.9 Å². The number of hydrogen-bond donors (Lipinski definition) is 2. The van der Waals surface area contributed by atoms with Crippen molar-refractivity contribution in [1.29, 1.82) is 0 Å².